The third-order valence-corrected chi connectivity index (χ3v) is 3.59. The SMILES string of the molecule is COc1cccc(NC(=O)COc2ccc(C(C)C)c(C)c2)c1. The van der Waals surface area contributed by atoms with E-state index in [1.807, 2.05) is 30.3 Å². The highest BCUT2D eigenvalue weighted by Crippen LogP contribution is 2.23. The number of amides is 1. The Hall–Kier alpha value is -2.49. The van der Waals surface area contributed by atoms with Crippen LogP contribution in [-0.4, -0.2) is 19.6 Å². The van der Waals surface area contributed by atoms with Crippen molar-refractivity contribution in [3.8, 4) is 11.5 Å². The van der Waals surface area contributed by atoms with Crippen molar-refractivity contribution < 1.29 is 14.3 Å². The minimum absolute atomic E-state index is 0.0301. The molecule has 2 aromatic rings. The monoisotopic (exact) mass is 313 g/mol. The van der Waals surface area contributed by atoms with Crippen LogP contribution in [0, 0.1) is 6.92 Å². The van der Waals surface area contributed by atoms with Gasteiger partial charge in [-0.3, -0.25) is 4.79 Å². The van der Waals surface area contributed by atoms with E-state index in [0.717, 1.165) is 0 Å². The van der Waals surface area contributed by atoms with E-state index < -0.39 is 0 Å². The van der Waals surface area contributed by atoms with Gasteiger partial charge in [0.05, 0.1) is 7.11 Å². The summed E-state index contributed by atoms with van der Waals surface area (Å²) in [5, 5.41) is 2.79. The molecule has 0 bridgehead atoms. The number of nitrogens with one attached hydrogen (secondary N) is 1. The molecule has 0 aromatic heterocycles. The zero-order chi connectivity index (χ0) is 16.8. The number of methoxy groups -OCH3 is 1. The zero-order valence-electron chi connectivity index (χ0n) is 14.1. The molecule has 0 atom stereocenters. The lowest BCUT2D eigenvalue weighted by Gasteiger charge is -2.12. The van der Waals surface area contributed by atoms with Crippen LogP contribution in [0.1, 0.15) is 30.9 Å². The van der Waals surface area contributed by atoms with Gasteiger partial charge in [-0.1, -0.05) is 26.0 Å². The Morgan fingerprint density at radius 1 is 1.13 bits per heavy atom. The lowest BCUT2D eigenvalue weighted by atomic mass is 9.98. The molecule has 4 heteroatoms. The number of carbonyl (C=O) groups excluding carboxylic acids is 1. The fourth-order valence-corrected chi connectivity index (χ4v) is 2.43. The van der Waals surface area contributed by atoms with Crippen LogP contribution in [0.3, 0.4) is 0 Å². The largest absolute Gasteiger partial charge is 0.497 e. The van der Waals surface area contributed by atoms with Gasteiger partial charge in [0.25, 0.3) is 5.91 Å². The predicted molar refractivity (Wildman–Crippen MR) is 92.4 cm³/mol. The standard InChI is InChI=1S/C19H23NO3/c1-13(2)18-9-8-17(10-14(18)3)23-12-19(21)20-15-6-5-7-16(11-15)22-4/h5-11,13H,12H2,1-4H3,(H,20,21). The summed E-state index contributed by atoms with van der Waals surface area (Å²) in [7, 11) is 1.59. The molecule has 2 rings (SSSR count). The second-order valence-corrected chi connectivity index (χ2v) is 5.74. The Labute approximate surface area is 137 Å². The Kier molecular flexibility index (Phi) is 5.63. The van der Waals surface area contributed by atoms with Gasteiger partial charge in [0.2, 0.25) is 0 Å². The van der Waals surface area contributed by atoms with E-state index in [9.17, 15) is 4.79 Å². The van der Waals surface area contributed by atoms with E-state index in [-0.39, 0.29) is 12.5 Å². The fraction of sp³-hybridized carbons (Fsp3) is 0.316. The maximum Gasteiger partial charge on any atom is 0.262 e. The summed E-state index contributed by atoms with van der Waals surface area (Å²) >= 11 is 0. The summed E-state index contributed by atoms with van der Waals surface area (Å²) in [6, 6.07) is 13.1. The quantitative estimate of drug-likeness (QED) is 0.871. The normalized spacial score (nSPS) is 10.5. The maximum absolute atomic E-state index is 12.0. The number of rotatable bonds is 6. The smallest absolute Gasteiger partial charge is 0.262 e. The second kappa shape index (κ2) is 7.68. The molecule has 23 heavy (non-hydrogen) atoms. The molecule has 0 aliphatic heterocycles. The average Bonchev–Trinajstić information content (AvgIpc) is 2.53. The molecule has 0 heterocycles. The molecule has 2 aromatic carbocycles. The molecule has 0 unspecified atom stereocenters. The van der Waals surface area contributed by atoms with Gasteiger partial charge in [0, 0.05) is 11.8 Å². The average molecular weight is 313 g/mol. The highest BCUT2D eigenvalue weighted by atomic mass is 16.5. The van der Waals surface area contributed by atoms with Crippen molar-refractivity contribution in [1.82, 2.24) is 0 Å². The van der Waals surface area contributed by atoms with Crippen LogP contribution in [-0.2, 0) is 4.79 Å². The number of carbonyl (C=O) groups is 1. The number of hydrogen-bond acceptors (Lipinski definition) is 3. The Bertz CT molecular complexity index is 680. The Morgan fingerprint density at radius 3 is 2.57 bits per heavy atom. The van der Waals surface area contributed by atoms with Crippen molar-refractivity contribution in [1.29, 1.82) is 0 Å². The first-order valence-corrected chi connectivity index (χ1v) is 7.67. The molecule has 0 aliphatic carbocycles. The third-order valence-electron chi connectivity index (χ3n) is 3.59. The third kappa shape index (κ3) is 4.74. The molecule has 0 spiro atoms. The van der Waals surface area contributed by atoms with Gasteiger partial charge in [-0.25, -0.2) is 0 Å². The van der Waals surface area contributed by atoms with Gasteiger partial charge < -0.3 is 14.8 Å². The van der Waals surface area contributed by atoms with Gasteiger partial charge in [-0.2, -0.15) is 0 Å². The van der Waals surface area contributed by atoms with E-state index in [4.69, 9.17) is 9.47 Å². The van der Waals surface area contributed by atoms with Crippen LogP contribution < -0.4 is 14.8 Å². The van der Waals surface area contributed by atoms with Gasteiger partial charge in [-0.15, -0.1) is 0 Å². The number of benzene rings is 2. The van der Waals surface area contributed by atoms with Crippen LogP contribution in [0.4, 0.5) is 5.69 Å². The highest BCUT2D eigenvalue weighted by Gasteiger charge is 2.07. The fourth-order valence-electron chi connectivity index (χ4n) is 2.43. The maximum atomic E-state index is 12.0. The Balaban J connectivity index is 1.92. The first-order chi connectivity index (χ1) is 11.0. The van der Waals surface area contributed by atoms with Gasteiger partial charge >= 0.3 is 0 Å². The molecule has 0 aliphatic rings. The second-order valence-electron chi connectivity index (χ2n) is 5.74. The summed E-state index contributed by atoms with van der Waals surface area (Å²) in [4.78, 5) is 12.0. The van der Waals surface area contributed by atoms with E-state index in [0.29, 0.717) is 23.1 Å². The molecular weight excluding hydrogens is 290 g/mol. The molecule has 4 nitrogen and oxygen atoms in total. The van der Waals surface area contributed by atoms with E-state index in [2.05, 4.69) is 32.2 Å². The molecule has 1 amide bonds. The summed E-state index contributed by atoms with van der Waals surface area (Å²) in [5.74, 6) is 1.67. The van der Waals surface area contributed by atoms with Crippen molar-refractivity contribution in [3.63, 3.8) is 0 Å². The van der Waals surface area contributed by atoms with Gasteiger partial charge in [0.15, 0.2) is 6.61 Å². The van der Waals surface area contributed by atoms with Crippen LogP contribution in [0.25, 0.3) is 0 Å². The topological polar surface area (TPSA) is 47.6 Å². The van der Waals surface area contributed by atoms with E-state index in [1.165, 1.54) is 11.1 Å². The summed E-state index contributed by atoms with van der Waals surface area (Å²) < 4.78 is 10.7. The zero-order valence-corrected chi connectivity index (χ0v) is 14.1. The van der Waals surface area contributed by atoms with Crippen molar-refractivity contribution in [2.24, 2.45) is 0 Å². The molecule has 0 fully saturated rings. The number of anilines is 1. The number of aryl methyl sites for hydroxylation is 1. The van der Waals surface area contributed by atoms with Crippen molar-refractivity contribution in [2.75, 3.05) is 19.0 Å². The number of ether oxygens (including phenoxy) is 2. The first-order valence-electron chi connectivity index (χ1n) is 7.67. The molecule has 1 N–H and O–H groups in total. The summed E-state index contributed by atoms with van der Waals surface area (Å²) in [5.41, 5.74) is 3.15. The lowest BCUT2D eigenvalue weighted by Crippen LogP contribution is -2.20. The number of hydrogen-bond donors (Lipinski definition) is 1. The minimum Gasteiger partial charge on any atom is -0.497 e. The van der Waals surface area contributed by atoms with Gasteiger partial charge in [-0.05, 0) is 48.2 Å². The van der Waals surface area contributed by atoms with Crippen LogP contribution in [0.5, 0.6) is 11.5 Å². The molecule has 0 radical (unpaired) electrons. The van der Waals surface area contributed by atoms with Crippen LogP contribution in [0.15, 0.2) is 42.5 Å². The summed E-state index contributed by atoms with van der Waals surface area (Å²) in [6.45, 7) is 6.34. The lowest BCUT2D eigenvalue weighted by molar-refractivity contribution is -0.118. The van der Waals surface area contributed by atoms with Crippen molar-refractivity contribution in [2.45, 2.75) is 26.7 Å². The van der Waals surface area contributed by atoms with Crippen molar-refractivity contribution >= 4 is 11.6 Å². The molecule has 0 saturated carbocycles. The molecule has 0 saturated heterocycles. The predicted octanol–water partition coefficient (Wildman–Crippen LogP) is 4.14. The highest BCUT2D eigenvalue weighted by molar-refractivity contribution is 5.92. The first kappa shape index (κ1) is 16.9. The van der Waals surface area contributed by atoms with Crippen molar-refractivity contribution in [3.05, 3.63) is 53.6 Å². The van der Waals surface area contributed by atoms with Crippen LogP contribution >= 0.6 is 0 Å². The molecular formula is C19H23NO3. The Morgan fingerprint density at radius 2 is 1.91 bits per heavy atom. The minimum atomic E-state index is -0.205. The molecule has 122 valence electrons. The van der Waals surface area contributed by atoms with Crippen LogP contribution in [0.2, 0.25) is 0 Å². The van der Waals surface area contributed by atoms with Gasteiger partial charge in [0.1, 0.15) is 11.5 Å². The van der Waals surface area contributed by atoms with E-state index in [1.54, 1.807) is 13.2 Å². The summed E-state index contributed by atoms with van der Waals surface area (Å²) in [6.07, 6.45) is 0. The van der Waals surface area contributed by atoms with E-state index >= 15 is 0 Å².